The predicted octanol–water partition coefficient (Wildman–Crippen LogP) is 1.89. The van der Waals surface area contributed by atoms with Crippen LogP contribution in [0.3, 0.4) is 0 Å². The van der Waals surface area contributed by atoms with Gasteiger partial charge in [-0.15, -0.1) is 0 Å². The van der Waals surface area contributed by atoms with E-state index in [1.54, 1.807) is 28.4 Å². The van der Waals surface area contributed by atoms with Gasteiger partial charge in [0.2, 0.25) is 11.8 Å². The van der Waals surface area contributed by atoms with E-state index in [4.69, 9.17) is 23.7 Å². The van der Waals surface area contributed by atoms with Gasteiger partial charge in [0.25, 0.3) is 0 Å². The Morgan fingerprint density at radius 3 is 2.34 bits per heavy atom. The third kappa shape index (κ3) is 5.24. The van der Waals surface area contributed by atoms with Crippen LogP contribution in [0.4, 0.5) is 0 Å². The smallest absolute Gasteiger partial charge is 0.249 e. The molecule has 10 heteroatoms. The number of piperidine rings is 2. The summed E-state index contributed by atoms with van der Waals surface area (Å²) in [6, 6.07) is 0.714. The molecule has 0 bridgehead atoms. The van der Waals surface area contributed by atoms with Crippen molar-refractivity contribution in [1.29, 1.82) is 0 Å². The van der Waals surface area contributed by atoms with Crippen LogP contribution in [-0.2, 0) is 33.3 Å². The van der Waals surface area contributed by atoms with Crippen molar-refractivity contribution in [3.8, 4) is 0 Å². The van der Waals surface area contributed by atoms with E-state index in [0.717, 1.165) is 64.3 Å². The Labute approximate surface area is 244 Å². The van der Waals surface area contributed by atoms with Gasteiger partial charge in [0.05, 0.1) is 48.5 Å². The van der Waals surface area contributed by atoms with Crippen molar-refractivity contribution in [3.05, 3.63) is 0 Å². The van der Waals surface area contributed by atoms with Crippen LogP contribution < -0.4 is 10.6 Å². The number of ether oxygens (including phenoxy) is 5. The van der Waals surface area contributed by atoms with Gasteiger partial charge < -0.3 is 39.2 Å². The molecule has 6 rings (SSSR count). The van der Waals surface area contributed by atoms with E-state index in [9.17, 15) is 9.59 Å². The lowest BCUT2D eigenvalue weighted by Gasteiger charge is -2.55. The highest BCUT2D eigenvalue weighted by molar-refractivity contribution is 5.83. The lowest BCUT2D eigenvalue weighted by molar-refractivity contribution is -0.175. The van der Waals surface area contributed by atoms with E-state index in [1.807, 2.05) is 6.92 Å². The number of carbonyl (C=O) groups is 2. The molecular formula is C31H51N3O7. The number of fused-ring (bicyclic) bond motifs is 5. The van der Waals surface area contributed by atoms with Gasteiger partial charge >= 0.3 is 0 Å². The van der Waals surface area contributed by atoms with E-state index in [-0.39, 0.29) is 72.3 Å². The van der Waals surface area contributed by atoms with Gasteiger partial charge in [-0.05, 0) is 89.0 Å². The Kier molecular flexibility index (Phi) is 8.97. The Morgan fingerprint density at radius 2 is 1.61 bits per heavy atom. The first-order valence-electron chi connectivity index (χ1n) is 16.0. The number of methoxy groups -OCH3 is 4. The number of rotatable bonds is 8. The summed E-state index contributed by atoms with van der Waals surface area (Å²) in [5, 5.41) is 7.04. The van der Waals surface area contributed by atoms with Crippen LogP contribution in [0.5, 0.6) is 0 Å². The summed E-state index contributed by atoms with van der Waals surface area (Å²) in [5.74, 6) is 1.19. The topological polar surface area (TPSA) is 108 Å². The largest absolute Gasteiger partial charge is 0.381 e. The van der Waals surface area contributed by atoms with Crippen molar-refractivity contribution >= 4 is 11.8 Å². The van der Waals surface area contributed by atoms with Gasteiger partial charge in [0.1, 0.15) is 6.10 Å². The Bertz CT molecular complexity index is 953. The minimum absolute atomic E-state index is 0.00478. The van der Waals surface area contributed by atoms with E-state index >= 15 is 0 Å². The minimum Gasteiger partial charge on any atom is -0.381 e. The Balaban J connectivity index is 1.12. The van der Waals surface area contributed by atoms with Crippen molar-refractivity contribution in [1.82, 2.24) is 15.5 Å². The van der Waals surface area contributed by atoms with Crippen LogP contribution in [-0.4, -0.2) is 112 Å². The van der Waals surface area contributed by atoms with Crippen LogP contribution >= 0.6 is 0 Å². The van der Waals surface area contributed by atoms with E-state index in [1.165, 1.54) is 0 Å². The summed E-state index contributed by atoms with van der Waals surface area (Å²) in [6.07, 6.45) is 7.62. The monoisotopic (exact) mass is 577 g/mol. The van der Waals surface area contributed by atoms with Crippen LogP contribution in [0, 0.1) is 23.7 Å². The SMILES string of the molecule is COC1CCC(OC)C(NC(=O)C(C)OC2CCC3C(C2)C2CCNC4C5CCC(OC)C(OC)C5C(=O)N3C24)C1. The van der Waals surface area contributed by atoms with Crippen molar-refractivity contribution < 1.29 is 33.3 Å². The molecule has 14 atom stereocenters. The first-order chi connectivity index (χ1) is 19.9. The molecule has 3 aliphatic heterocycles. The van der Waals surface area contributed by atoms with Gasteiger partial charge in [-0.2, -0.15) is 0 Å². The quantitative estimate of drug-likeness (QED) is 0.451. The molecule has 0 radical (unpaired) electrons. The Morgan fingerprint density at radius 1 is 0.854 bits per heavy atom. The standard InChI is InChI=1S/C31H51N3O7/c1-16(30(35)33-22-15-17(37-2)7-10-24(22)38-3)41-18-6-9-23-21(14-18)19-12-13-32-27-20-8-11-25(39-4)29(40-5)26(20)31(36)34(23)28(19)27/h16-29,32H,6-15H2,1-5H3,(H,33,35). The molecule has 3 saturated heterocycles. The summed E-state index contributed by atoms with van der Waals surface area (Å²) < 4.78 is 29.4. The highest BCUT2D eigenvalue weighted by Gasteiger charge is 2.64. The zero-order chi connectivity index (χ0) is 28.8. The molecule has 41 heavy (non-hydrogen) atoms. The molecule has 0 spiro atoms. The van der Waals surface area contributed by atoms with Crippen LogP contribution in [0.1, 0.15) is 64.7 Å². The third-order valence-electron chi connectivity index (χ3n) is 11.7. The fourth-order valence-electron chi connectivity index (χ4n) is 9.86. The third-order valence-corrected chi connectivity index (χ3v) is 11.7. The second-order valence-corrected chi connectivity index (χ2v) is 13.4. The molecule has 10 nitrogen and oxygen atoms in total. The molecular weight excluding hydrogens is 526 g/mol. The average molecular weight is 578 g/mol. The van der Waals surface area contributed by atoms with E-state index in [2.05, 4.69) is 15.5 Å². The lowest BCUT2D eigenvalue weighted by Crippen LogP contribution is -2.70. The maximum Gasteiger partial charge on any atom is 0.249 e. The summed E-state index contributed by atoms with van der Waals surface area (Å²) in [4.78, 5) is 29.8. The molecule has 2 amide bonds. The molecule has 6 fully saturated rings. The van der Waals surface area contributed by atoms with Crippen molar-refractivity contribution in [2.45, 2.75) is 126 Å². The number of amides is 2. The number of hydrogen-bond donors (Lipinski definition) is 2. The number of nitrogens with zero attached hydrogens (tertiary/aromatic N) is 1. The normalized spacial score (nSPS) is 46.3. The zero-order valence-corrected chi connectivity index (χ0v) is 25.5. The summed E-state index contributed by atoms with van der Waals surface area (Å²) in [6.45, 7) is 2.85. The first kappa shape index (κ1) is 29.8. The summed E-state index contributed by atoms with van der Waals surface area (Å²) >= 11 is 0. The molecule has 3 heterocycles. The average Bonchev–Trinajstić information content (AvgIpc) is 3.33. The second-order valence-electron chi connectivity index (χ2n) is 13.4. The molecule has 0 aromatic rings. The van der Waals surface area contributed by atoms with Gasteiger partial charge in [0.15, 0.2) is 0 Å². The highest BCUT2D eigenvalue weighted by atomic mass is 16.5. The van der Waals surface area contributed by atoms with Gasteiger partial charge in [-0.1, -0.05) is 0 Å². The van der Waals surface area contributed by atoms with Gasteiger partial charge in [-0.3, -0.25) is 9.59 Å². The summed E-state index contributed by atoms with van der Waals surface area (Å²) in [5.41, 5.74) is 0. The molecule has 3 aliphatic carbocycles. The molecule has 2 N–H and O–H groups in total. The second kappa shape index (κ2) is 12.4. The van der Waals surface area contributed by atoms with Gasteiger partial charge in [0, 0.05) is 40.5 Å². The molecule has 14 unspecified atom stereocenters. The minimum atomic E-state index is -0.542. The maximum atomic E-state index is 14.3. The number of hydrogen-bond acceptors (Lipinski definition) is 8. The molecule has 0 aromatic heterocycles. The van der Waals surface area contributed by atoms with E-state index < -0.39 is 6.10 Å². The molecule has 232 valence electrons. The Hall–Kier alpha value is -1.30. The molecule has 6 aliphatic rings. The van der Waals surface area contributed by atoms with E-state index in [0.29, 0.717) is 17.9 Å². The molecule has 0 aromatic carbocycles. The van der Waals surface area contributed by atoms with Crippen molar-refractivity contribution in [2.75, 3.05) is 35.0 Å². The van der Waals surface area contributed by atoms with Crippen molar-refractivity contribution in [2.24, 2.45) is 23.7 Å². The summed E-state index contributed by atoms with van der Waals surface area (Å²) in [7, 11) is 6.90. The zero-order valence-electron chi connectivity index (χ0n) is 25.5. The van der Waals surface area contributed by atoms with Crippen molar-refractivity contribution in [3.63, 3.8) is 0 Å². The first-order valence-corrected chi connectivity index (χ1v) is 16.0. The van der Waals surface area contributed by atoms with Crippen LogP contribution in [0.2, 0.25) is 0 Å². The van der Waals surface area contributed by atoms with Crippen LogP contribution in [0.15, 0.2) is 0 Å². The predicted molar refractivity (Wildman–Crippen MR) is 151 cm³/mol. The number of carbonyl (C=O) groups excluding carboxylic acids is 2. The van der Waals surface area contributed by atoms with Gasteiger partial charge in [-0.25, -0.2) is 0 Å². The molecule has 3 saturated carbocycles. The fourth-order valence-corrected chi connectivity index (χ4v) is 9.86. The highest BCUT2D eigenvalue weighted by Crippen LogP contribution is 2.54. The van der Waals surface area contributed by atoms with Crippen LogP contribution in [0.25, 0.3) is 0 Å². The number of nitrogens with one attached hydrogen (secondary N) is 2. The maximum absolute atomic E-state index is 14.3. The fraction of sp³-hybridized carbons (Fsp3) is 0.935. The lowest BCUT2D eigenvalue weighted by atomic mass is 9.64.